The fourth-order valence-electron chi connectivity index (χ4n) is 2.27. The standard InChI is InChI=1S/C13H19N3O2/c1-10-8-16(7-6-15(10)2)9-11-4-3-5-14-12(11)13(17)18/h3-5,10H,6-9H2,1-2H3,(H,17,18). The van der Waals surface area contributed by atoms with Gasteiger partial charge in [0.15, 0.2) is 5.69 Å². The summed E-state index contributed by atoms with van der Waals surface area (Å²) in [6.07, 6.45) is 1.53. The highest BCUT2D eigenvalue weighted by Gasteiger charge is 2.22. The number of likely N-dealkylation sites (N-methyl/N-ethyl adjacent to an activating group) is 1. The largest absolute Gasteiger partial charge is 0.477 e. The molecule has 5 nitrogen and oxygen atoms in total. The third-order valence-corrected chi connectivity index (χ3v) is 3.53. The predicted octanol–water partition coefficient (Wildman–Crippen LogP) is 0.916. The van der Waals surface area contributed by atoms with Crippen molar-refractivity contribution in [1.29, 1.82) is 0 Å². The Hall–Kier alpha value is -1.46. The number of pyridine rings is 1. The highest BCUT2D eigenvalue weighted by atomic mass is 16.4. The van der Waals surface area contributed by atoms with Crippen LogP contribution >= 0.6 is 0 Å². The van der Waals surface area contributed by atoms with Gasteiger partial charge in [0, 0.05) is 38.4 Å². The molecule has 18 heavy (non-hydrogen) atoms. The Morgan fingerprint density at radius 1 is 1.56 bits per heavy atom. The van der Waals surface area contributed by atoms with Gasteiger partial charge < -0.3 is 10.0 Å². The molecule has 1 N–H and O–H groups in total. The maximum Gasteiger partial charge on any atom is 0.354 e. The van der Waals surface area contributed by atoms with Gasteiger partial charge in [-0.25, -0.2) is 9.78 Å². The zero-order valence-electron chi connectivity index (χ0n) is 10.8. The summed E-state index contributed by atoms with van der Waals surface area (Å²) in [5.41, 5.74) is 0.964. The monoisotopic (exact) mass is 249 g/mol. The molecule has 1 aliphatic heterocycles. The Kier molecular flexibility index (Phi) is 3.93. The summed E-state index contributed by atoms with van der Waals surface area (Å²) in [7, 11) is 2.12. The van der Waals surface area contributed by atoms with E-state index in [-0.39, 0.29) is 5.69 Å². The molecule has 1 saturated heterocycles. The number of aromatic nitrogens is 1. The molecule has 1 unspecified atom stereocenters. The minimum Gasteiger partial charge on any atom is -0.477 e. The molecule has 5 heteroatoms. The van der Waals surface area contributed by atoms with Crippen LogP contribution in [-0.4, -0.2) is 58.6 Å². The number of nitrogens with zero attached hydrogens (tertiary/aromatic N) is 3. The number of carboxylic acids is 1. The third kappa shape index (κ3) is 2.86. The van der Waals surface area contributed by atoms with Gasteiger partial charge in [0.2, 0.25) is 0 Å². The first-order chi connectivity index (χ1) is 8.58. The van der Waals surface area contributed by atoms with Crippen LogP contribution in [0.1, 0.15) is 23.0 Å². The van der Waals surface area contributed by atoms with E-state index in [2.05, 4.69) is 28.8 Å². The second-order valence-corrected chi connectivity index (χ2v) is 4.88. The van der Waals surface area contributed by atoms with Crippen LogP contribution in [0.4, 0.5) is 0 Å². The number of carbonyl (C=O) groups is 1. The Labute approximate surface area is 107 Å². The first kappa shape index (κ1) is 13.0. The fourth-order valence-corrected chi connectivity index (χ4v) is 2.27. The normalized spacial score (nSPS) is 22.0. The lowest BCUT2D eigenvalue weighted by molar-refractivity contribution is 0.0683. The van der Waals surface area contributed by atoms with Crippen LogP contribution in [0.25, 0.3) is 0 Å². The second-order valence-electron chi connectivity index (χ2n) is 4.88. The number of hydrogen-bond acceptors (Lipinski definition) is 4. The molecule has 1 aromatic rings. The molecule has 0 bridgehead atoms. The van der Waals surface area contributed by atoms with Gasteiger partial charge >= 0.3 is 5.97 Å². The number of piperazine rings is 1. The minimum atomic E-state index is -0.951. The summed E-state index contributed by atoms with van der Waals surface area (Å²) in [6, 6.07) is 4.14. The van der Waals surface area contributed by atoms with Crippen LogP contribution in [-0.2, 0) is 6.54 Å². The van der Waals surface area contributed by atoms with Crippen molar-refractivity contribution in [3.8, 4) is 0 Å². The zero-order valence-corrected chi connectivity index (χ0v) is 10.8. The highest BCUT2D eigenvalue weighted by molar-refractivity contribution is 5.86. The number of hydrogen-bond donors (Lipinski definition) is 1. The first-order valence-corrected chi connectivity index (χ1v) is 6.17. The molecule has 1 fully saturated rings. The van der Waals surface area contributed by atoms with Crippen molar-refractivity contribution in [2.45, 2.75) is 19.5 Å². The third-order valence-electron chi connectivity index (χ3n) is 3.53. The van der Waals surface area contributed by atoms with E-state index in [1.165, 1.54) is 6.20 Å². The molecule has 0 amide bonds. The quantitative estimate of drug-likeness (QED) is 0.863. The molecular formula is C13H19N3O2. The molecule has 0 aliphatic carbocycles. The summed E-state index contributed by atoms with van der Waals surface area (Å²) < 4.78 is 0. The van der Waals surface area contributed by atoms with Crippen LogP contribution < -0.4 is 0 Å². The van der Waals surface area contributed by atoms with E-state index in [1.54, 1.807) is 6.07 Å². The highest BCUT2D eigenvalue weighted by Crippen LogP contribution is 2.13. The van der Waals surface area contributed by atoms with Gasteiger partial charge in [-0.15, -0.1) is 0 Å². The first-order valence-electron chi connectivity index (χ1n) is 6.17. The maximum absolute atomic E-state index is 11.1. The van der Waals surface area contributed by atoms with Crippen molar-refractivity contribution < 1.29 is 9.90 Å². The molecule has 1 aromatic heterocycles. The molecule has 2 heterocycles. The molecule has 1 atom stereocenters. The molecule has 0 spiro atoms. The van der Waals surface area contributed by atoms with Crippen molar-refractivity contribution in [3.05, 3.63) is 29.6 Å². The molecule has 1 aliphatic rings. The number of rotatable bonds is 3. The van der Waals surface area contributed by atoms with E-state index in [9.17, 15) is 4.79 Å². The van der Waals surface area contributed by atoms with Crippen molar-refractivity contribution in [3.63, 3.8) is 0 Å². The number of carboxylic acid groups (broad SMARTS) is 1. The Morgan fingerprint density at radius 2 is 2.33 bits per heavy atom. The van der Waals surface area contributed by atoms with Gasteiger partial charge in [-0.2, -0.15) is 0 Å². The van der Waals surface area contributed by atoms with Crippen LogP contribution in [0.5, 0.6) is 0 Å². The lowest BCUT2D eigenvalue weighted by Crippen LogP contribution is -2.49. The van der Waals surface area contributed by atoms with E-state index in [0.717, 1.165) is 25.2 Å². The Bertz CT molecular complexity index is 436. The lowest BCUT2D eigenvalue weighted by Gasteiger charge is -2.37. The molecule has 2 rings (SSSR count). The summed E-state index contributed by atoms with van der Waals surface area (Å²) >= 11 is 0. The molecule has 98 valence electrons. The van der Waals surface area contributed by atoms with Gasteiger partial charge in [-0.05, 0) is 25.6 Å². The van der Waals surface area contributed by atoms with Gasteiger partial charge in [0.05, 0.1) is 0 Å². The molecule has 0 saturated carbocycles. The zero-order chi connectivity index (χ0) is 13.1. The molecular weight excluding hydrogens is 230 g/mol. The smallest absolute Gasteiger partial charge is 0.354 e. The fraction of sp³-hybridized carbons (Fsp3) is 0.538. The van der Waals surface area contributed by atoms with E-state index in [4.69, 9.17) is 5.11 Å². The second kappa shape index (κ2) is 5.46. The average Bonchev–Trinajstić information content (AvgIpc) is 2.34. The van der Waals surface area contributed by atoms with E-state index in [1.807, 2.05) is 6.07 Å². The summed E-state index contributed by atoms with van der Waals surface area (Å²) in [5.74, 6) is -0.951. The number of aromatic carboxylic acids is 1. The van der Waals surface area contributed by atoms with Crippen molar-refractivity contribution >= 4 is 5.97 Å². The molecule has 0 radical (unpaired) electrons. The van der Waals surface area contributed by atoms with Crippen LogP contribution in [0.15, 0.2) is 18.3 Å². The van der Waals surface area contributed by atoms with E-state index >= 15 is 0 Å². The Morgan fingerprint density at radius 3 is 3.00 bits per heavy atom. The van der Waals surface area contributed by atoms with E-state index in [0.29, 0.717) is 12.6 Å². The average molecular weight is 249 g/mol. The van der Waals surface area contributed by atoms with Gasteiger partial charge in [0.25, 0.3) is 0 Å². The van der Waals surface area contributed by atoms with Crippen LogP contribution in [0, 0.1) is 0 Å². The molecule has 0 aromatic carbocycles. The van der Waals surface area contributed by atoms with Crippen LogP contribution in [0.2, 0.25) is 0 Å². The van der Waals surface area contributed by atoms with Crippen molar-refractivity contribution in [2.75, 3.05) is 26.7 Å². The van der Waals surface area contributed by atoms with Crippen molar-refractivity contribution in [1.82, 2.24) is 14.8 Å². The predicted molar refractivity (Wildman–Crippen MR) is 68.6 cm³/mol. The minimum absolute atomic E-state index is 0.170. The van der Waals surface area contributed by atoms with Gasteiger partial charge in [-0.3, -0.25) is 4.90 Å². The Balaban J connectivity index is 2.08. The summed E-state index contributed by atoms with van der Waals surface area (Å²) in [5, 5.41) is 9.10. The summed E-state index contributed by atoms with van der Waals surface area (Å²) in [4.78, 5) is 19.6. The maximum atomic E-state index is 11.1. The van der Waals surface area contributed by atoms with Crippen LogP contribution in [0.3, 0.4) is 0 Å². The van der Waals surface area contributed by atoms with E-state index < -0.39 is 5.97 Å². The SMILES string of the molecule is CC1CN(Cc2cccnc2C(=O)O)CCN1C. The van der Waals surface area contributed by atoms with Crippen molar-refractivity contribution in [2.24, 2.45) is 0 Å². The summed E-state index contributed by atoms with van der Waals surface area (Å²) in [6.45, 7) is 5.80. The van der Waals surface area contributed by atoms with Gasteiger partial charge in [-0.1, -0.05) is 6.07 Å². The topological polar surface area (TPSA) is 56.7 Å². The lowest BCUT2D eigenvalue weighted by atomic mass is 10.1. The van der Waals surface area contributed by atoms with Gasteiger partial charge in [0.1, 0.15) is 0 Å².